The van der Waals surface area contributed by atoms with Gasteiger partial charge in [0, 0.05) is 23.9 Å². The lowest BCUT2D eigenvalue weighted by molar-refractivity contribution is -0.137. The van der Waals surface area contributed by atoms with Gasteiger partial charge in [-0.1, -0.05) is 51.0 Å². The molecule has 1 aromatic carbocycles. The average Bonchev–Trinajstić information content (AvgIpc) is 3.12. The van der Waals surface area contributed by atoms with Gasteiger partial charge < -0.3 is 14.8 Å². The molecule has 2 atom stereocenters. The number of aromatic carboxylic acids is 1. The van der Waals surface area contributed by atoms with Crippen molar-refractivity contribution in [2.45, 2.75) is 83.1 Å². The molecule has 4 rings (SSSR count). The second-order valence-electron chi connectivity index (χ2n) is 9.32. The molecule has 0 amide bonds. The number of fused-ring (bicyclic) bond motifs is 1. The SMILES string of the molecule is O=C(O)CCCn1c(C(=O)O)cc2cc([C@H]3CCC[C@H](C4CCCCC4)C3)ccc21. The standard InChI is InChI=1S/C25H33NO4/c27-24(28)10-5-13-26-22-12-11-20(15-21(22)16-23(26)25(29)30)19-9-4-8-18(14-19)17-6-2-1-3-7-17/h11-12,15-19H,1-10,13-14H2,(H,27,28)(H,29,30)/t18-,19-/m0/s1. The molecule has 0 radical (unpaired) electrons. The molecule has 1 heterocycles. The van der Waals surface area contributed by atoms with E-state index in [2.05, 4.69) is 12.1 Å². The summed E-state index contributed by atoms with van der Waals surface area (Å²) >= 11 is 0. The highest BCUT2D eigenvalue weighted by Gasteiger charge is 2.30. The van der Waals surface area contributed by atoms with Gasteiger partial charge in [-0.25, -0.2) is 4.79 Å². The van der Waals surface area contributed by atoms with E-state index in [0.29, 0.717) is 18.9 Å². The van der Waals surface area contributed by atoms with Gasteiger partial charge in [0.25, 0.3) is 0 Å². The first kappa shape index (κ1) is 21.0. The summed E-state index contributed by atoms with van der Waals surface area (Å²) in [6, 6.07) is 8.16. The molecule has 2 fully saturated rings. The van der Waals surface area contributed by atoms with E-state index in [-0.39, 0.29) is 12.1 Å². The first-order chi connectivity index (χ1) is 14.5. The van der Waals surface area contributed by atoms with Crippen LogP contribution in [0.15, 0.2) is 24.3 Å². The molecule has 0 spiro atoms. The van der Waals surface area contributed by atoms with Gasteiger partial charge in [0.1, 0.15) is 5.69 Å². The van der Waals surface area contributed by atoms with Gasteiger partial charge in [-0.3, -0.25) is 4.79 Å². The molecule has 2 saturated carbocycles. The van der Waals surface area contributed by atoms with Crippen molar-refractivity contribution >= 4 is 22.8 Å². The van der Waals surface area contributed by atoms with E-state index in [0.717, 1.165) is 22.7 Å². The summed E-state index contributed by atoms with van der Waals surface area (Å²) in [5, 5.41) is 19.5. The Bertz CT molecular complexity index is 909. The highest BCUT2D eigenvalue weighted by molar-refractivity contribution is 5.94. The van der Waals surface area contributed by atoms with E-state index in [9.17, 15) is 14.7 Å². The molecular weight excluding hydrogens is 378 g/mol. The molecular formula is C25H33NO4. The van der Waals surface area contributed by atoms with Crippen molar-refractivity contribution in [1.82, 2.24) is 4.57 Å². The predicted octanol–water partition coefficient (Wildman–Crippen LogP) is 6.06. The second-order valence-corrected chi connectivity index (χ2v) is 9.32. The summed E-state index contributed by atoms with van der Waals surface area (Å²) in [6.45, 7) is 0.407. The molecule has 5 heteroatoms. The fraction of sp³-hybridized carbons (Fsp3) is 0.600. The number of benzene rings is 1. The predicted molar refractivity (Wildman–Crippen MR) is 117 cm³/mol. The van der Waals surface area contributed by atoms with Crippen LogP contribution in [0.25, 0.3) is 10.9 Å². The first-order valence-corrected chi connectivity index (χ1v) is 11.6. The summed E-state index contributed by atoms with van der Waals surface area (Å²) in [5.41, 5.74) is 2.47. The minimum absolute atomic E-state index is 0.0431. The maximum atomic E-state index is 11.8. The number of aromatic nitrogens is 1. The average molecular weight is 412 g/mol. The minimum atomic E-state index is -0.960. The summed E-state index contributed by atoms with van der Waals surface area (Å²) in [7, 11) is 0. The van der Waals surface area contributed by atoms with Crippen molar-refractivity contribution in [3.63, 3.8) is 0 Å². The zero-order valence-corrected chi connectivity index (χ0v) is 17.7. The molecule has 5 nitrogen and oxygen atoms in total. The van der Waals surface area contributed by atoms with Crippen molar-refractivity contribution in [2.75, 3.05) is 0 Å². The van der Waals surface area contributed by atoms with Gasteiger partial charge >= 0.3 is 11.9 Å². The zero-order valence-electron chi connectivity index (χ0n) is 17.7. The lowest BCUT2D eigenvalue weighted by atomic mass is 9.69. The number of hydrogen-bond acceptors (Lipinski definition) is 2. The molecule has 162 valence electrons. The van der Waals surface area contributed by atoms with Crippen LogP contribution in [0.2, 0.25) is 0 Å². The lowest BCUT2D eigenvalue weighted by Crippen LogP contribution is -2.23. The maximum Gasteiger partial charge on any atom is 0.352 e. The van der Waals surface area contributed by atoms with Gasteiger partial charge in [0.15, 0.2) is 0 Å². The Morgan fingerprint density at radius 2 is 1.70 bits per heavy atom. The van der Waals surface area contributed by atoms with Gasteiger partial charge in [-0.15, -0.1) is 0 Å². The zero-order chi connectivity index (χ0) is 21.1. The van der Waals surface area contributed by atoms with Gasteiger partial charge in [0.05, 0.1) is 0 Å². The largest absolute Gasteiger partial charge is 0.481 e. The van der Waals surface area contributed by atoms with Crippen LogP contribution in [0.1, 0.15) is 92.6 Å². The Morgan fingerprint density at radius 3 is 2.43 bits per heavy atom. The van der Waals surface area contributed by atoms with E-state index in [1.54, 1.807) is 10.6 Å². The van der Waals surface area contributed by atoms with Crippen molar-refractivity contribution < 1.29 is 19.8 Å². The third-order valence-corrected chi connectivity index (χ3v) is 7.42. The lowest BCUT2D eigenvalue weighted by Gasteiger charge is -2.36. The molecule has 0 unspecified atom stereocenters. The van der Waals surface area contributed by atoms with E-state index >= 15 is 0 Å². The number of rotatable bonds is 7. The molecule has 2 aliphatic rings. The Labute approximate surface area is 178 Å². The Hall–Kier alpha value is -2.30. The van der Waals surface area contributed by atoms with E-state index in [4.69, 9.17) is 5.11 Å². The van der Waals surface area contributed by atoms with E-state index in [1.807, 2.05) is 6.07 Å². The monoisotopic (exact) mass is 411 g/mol. The number of carboxylic acid groups (broad SMARTS) is 2. The molecule has 1 aromatic heterocycles. The smallest absolute Gasteiger partial charge is 0.352 e. The van der Waals surface area contributed by atoms with Crippen LogP contribution in [-0.4, -0.2) is 26.7 Å². The van der Waals surface area contributed by atoms with Crippen LogP contribution in [-0.2, 0) is 11.3 Å². The molecule has 2 N–H and O–H groups in total. The summed E-state index contributed by atoms with van der Waals surface area (Å²) in [5.74, 6) is 0.501. The summed E-state index contributed by atoms with van der Waals surface area (Å²) < 4.78 is 1.76. The van der Waals surface area contributed by atoms with Crippen LogP contribution in [0.3, 0.4) is 0 Å². The topological polar surface area (TPSA) is 79.5 Å². The molecule has 0 bridgehead atoms. The third-order valence-electron chi connectivity index (χ3n) is 7.42. The molecule has 2 aliphatic carbocycles. The molecule has 0 saturated heterocycles. The number of carbonyl (C=O) groups is 2. The number of hydrogen-bond donors (Lipinski definition) is 2. The Morgan fingerprint density at radius 1 is 0.933 bits per heavy atom. The van der Waals surface area contributed by atoms with E-state index < -0.39 is 11.9 Å². The van der Waals surface area contributed by atoms with Gasteiger partial charge in [-0.05, 0) is 60.8 Å². The number of aliphatic carboxylic acids is 1. The van der Waals surface area contributed by atoms with Crippen molar-refractivity contribution in [3.8, 4) is 0 Å². The highest BCUT2D eigenvalue weighted by atomic mass is 16.4. The highest BCUT2D eigenvalue weighted by Crippen LogP contribution is 2.44. The van der Waals surface area contributed by atoms with Crippen LogP contribution < -0.4 is 0 Å². The quantitative estimate of drug-likeness (QED) is 0.580. The second kappa shape index (κ2) is 9.23. The maximum absolute atomic E-state index is 11.8. The Balaban J connectivity index is 1.55. The van der Waals surface area contributed by atoms with E-state index in [1.165, 1.54) is 63.4 Å². The normalized spacial score (nSPS) is 22.9. The summed E-state index contributed by atoms with van der Waals surface area (Å²) in [6.07, 6.45) is 12.6. The minimum Gasteiger partial charge on any atom is -0.481 e. The van der Waals surface area contributed by atoms with Crippen LogP contribution >= 0.6 is 0 Å². The summed E-state index contributed by atoms with van der Waals surface area (Å²) in [4.78, 5) is 22.6. The van der Waals surface area contributed by atoms with Crippen LogP contribution in [0.4, 0.5) is 0 Å². The van der Waals surface area contributed by atoms with Gasteiger partial charge in [0.2, 0.25) is 0 Å². The van der Waals surface area contributed by atoms with Crippen molar-refractivity contribution in [2.24, 2.45) is 11.8 Å². The third kappa shape index (κ3) is 4.55. The molecule has 30 heavy (non-hydrogen) atoms. The van der Waals surface area contributed by atoms with Crippen molar-refractivity contribution in [1.29, 1.82) is 0 Å². The first-order valence-electron chi connectivity index (χ1n) is 11.6. The van der Waals surface area contributed by atoms with Crippen molar-refractivity contribution in [3.05, 3.63) is 35.5 Å². The Kier molecular flexibility index (Phi) is 6.45. The van der Waals surface area contributed by atoms with Crippen LogP contribution in [0.5, 0.6) is 0 Å². The fourth-order valence-corrected chi connectivity index (χ4v) is 5.91. The van der Waals surface area contributed by atoms with Gasteiger partial charge in [-0.2, -0.15) is 0 Å². The molecule has 2 aromatic rings. The number of aryl methyl sites for hydroxylation is 1. The fourth-order valence-electron chi connectivity index (χ4n) is 5.91. The molecule has 0 aliphatic heterocycles. The number of nitrogens with zero attached hydrogens (tertiary/aromatic N) is 1. The van der Waals surface area contributed by atoms with Crippen LogP contribution in [0, 0.1) is 11.8 Å². The number of carboxylic acids is 2.